The van der Waals surface area contributed by atoms with Crippen LogP contribution in [0.25, 0.3) is 0 Å². The van der Waals surface area contributed by atoms with Crippen LogP contribution in [0.1, 0.15) is 25.0 Å². The van der Waals surface area contributed by atoms with Crippen LogP contribution in [0.5, 0.6) is 0 Å². The van der Waals surface area contributed by atoms with Crippen LogP contribution in [0.4, 0.5) is 11.4 Å². The van der Waals surface area contributed by atoms with E-state index in [2.05, 4.69) is 0 Å². The number of anilines is 2. The maximum absolute atomic E-state index is 12.6. The minimum Gasteiger partial charge on any atom is -0.398 e. The lowest BCUT2D eigenvalue weighted by molar-refractivity contribution is 0.443. The zero-order valence-corrected chi connectivity index (χ0v) is 12.5. The molecule has 1 aromatic carbocycles. The highest BCUT2D eigenvalue weighted by Gasteiger charge is 2.33. The maximum Gasteiger partial charge on any atom is 0.304 e. The second kappa shape index (κ2) is 5.02. The monoisotopic (exact) mass is 283 g/mol. The highest BCUT2D eigenvalue weighted by Crippen LogP contribution is 2.34. The van der Waals surface area contributed by atoms with E-state index in [1.807, 2.05) is 26.8 Å². The average molecular weight is 283 g/mol. The van der Waals surface area contributed by atoms with Gasteiger partial charge < -0.3 is 5.73 Å². The van der Waals surface area contributed by atoms with Gasteiger partial charge in [0.05, 0.1) is 5.69 Å². The molecule has 1 aliphatic heterocycles. The second-order valence-corrected chi connectivity index (χ2v) is 6.60. The van der Waals surface area contributed by atoms with E-state index in [1.54, 1.807) is 6.07 Å². The number of rotatable bonds is 4. The molecule has 0 saturated carbocycles. The van der Waals surface area contributed by atoms with Gasteiger partial charge in [-0.3, -0.25) is 4.31 Å². The van der Waals surface area contributed by atoms with Gasteiger partial charge in [0.15, 0.2) is 0 Å². The lowest BCUT2D eigenvalue weighted by atomic mass is 10.1. The van der Waals surface area contributed by atoms with E-state index in [4.69, 9.17) is 5.73 Å². The number of fused-ring (bicyclic) bond motifs is 1. The molecule has 6 heteroatoms. The van der Waals surface area contributed by atoms with Gasteiger partial charge in [0.25, 0.3) is 0 Å². The van der Waals surface area contributed by atoms with Crippen LogP contribution in [0.3, 0.4) is 0 Å². The smallest absolute Gasteiger partial charge is 0.304 e. The zero-order valence-electron chi connectivity index (χ0n) is 11.7. The first-order valence-corrected chi connectivity index (χ1v) is 7.98. The van der Waals surface area contributed by atoms with Crippen LogP contribution in [-0.4, -0.2) is 32.4 Å². The van der Waals surface area contributed by atoms with Gasteiger partial charge in [0.1, 0.15) is 0 Å². The summed E-state index contributed by atoms with van der Waals surface area (Å²) in [5.74, 6) is 0. The van der Waals surface area contributed by atoms with Gasteiger partial charge in [-0.15, -0.1) is 0 Å². The number of hydrogen-bond donors (Lipinski definition) is 1. The van der Waals surface area contributed by atoms with Crippen LogP contribution in [0, 0.1) is 6.92 Å². The minimum absolute atomic E-state index is 0.478. The summed E-state index contributed by atoms with van der Waals surface area (Å²) in [5, 5.41) is 0. The molecule has 1 heterocycles. The molecule has 106 valence electrons. The fourth-order valence-electron chi connectivity index (χ4n) is 2.48. The van der Waals surface area contributed by atoms with Gasteiger partial charge in [-0.25, -0.2) is 0 Å². The lowest BCUT2D eigenvalue weighted by Crippen LogP contribution is -2.43. The molecule has 2 N–H and O–H groups in total. The highest BCUT2D eigenvalue weighted by atomic mass is 32.2. The first-order valence-electron chi connectivity index (χ1n) is 6.58. The summed E-state index contributed by atoms with van der Waals surface area (Å²) in [4.78, 5) is 0. The van der Waals surface area contributed by atoms with E-state index < -0.39 is 10.2 Å². The van der Waals surface area contributed by atoms with E-state index in [0.29, 0.717) is 25.3 Å². The van der Waals surface area contributed by atoms with Gasteiger partial charge in [-0.05, 0) is 30.5 Å². The Hall–Kier alpha value is -1.27. The summed E-state index contributed by atoms with van der Waals surface area (Å²) in [7, 11) is -3.43. The van der Waals surface area contributed by atoms with Gasteiger partial charge in [-0.2, -0.15) is 12.7 Å². The van der Waals surface area contributed by atoms with E-state index in [0.717, 1.165) is 23.2 Å². The third-order valence-corrected chi connectivity index (χ3v) is 5.74. The van der Waals surface area contributed by atoms with Crippen LogP contribution in [0.15, 0.2) is 12.1 Å². The van der Waals surface area contributed by atoms with Crippen LogP contribution in [-0.2, 0) is 16.6 Å². The van der Waals surface area contributed by atoms with Crippen molar-refractivity contribution in [2.75, 3.05) is 29.7 Å². The predicted octanol–water partition coefficient (Wildman–Crippen LogP) is 1.53. The lowest BCUT2D eigenvalue weighted by Gasteiger charge is -2.27. The Bertz CT molecular complexity index is 580. The largest absolute Gasteiger partial charge is 0.398 e. The molecule has 1 aliphatic rings. The predicted molar refractivity (Wildman–Crippen MR) is 78.5 cm³/mol. The third kappa shape index (κ3) is 2.30. The Morgan fingerprint density at radius 3 is 2.53 bits per heavy atom. The second-order valence-electron chi connectivity index (χ2n) is 4.75. The van der Waals surface area contributed by atoms with Crippen molar-refractivity contribution < 1.29 is 8.42 Å². The molecule has 0 aliphatic carbocycles. The van der Waals surface area contributed by atoms with E-state index >= 15 is 0 Å². The van der Waals surface area contributed by atoms with Crippen molar-refractivity contribution in [2.45, 2.75) is 27.2 Å². The molecule has 0 unspecified atom stereocenters. The number of nitrogens with two attached hydrogens (primary N) is 1. The fourth-order valence-corrected chi connectivity index (χ4v) is 4.15. The Labute approximate surface area is 115 Å². The molecule has 0 spiro atoms. The van der Waals surface area contributed by atoms with Crippen molar-refractivity contribution in [3.63, 3.8) is 0 Å². The molecule has 0 saturated heterocycles. The number of benzene rings is 1. The van der Waals surface area contributed by atoms with Crippen molar-refractivity contribution in [2.24, 2.45) is 0 Å². The van der Waals surface area contributed by atoms with Crippen molar-refractivity contribution in [1.82, 2.24) is 4.31 Å². The van der Waals surface area contributed by atoms with Gasteiger partial charge >= 0.3 is 10.2 Å². The van der Waals surface area contributed by atoms with Crippen molar-refractivity contribution >= 4 is 21.6 Å². The molecule has 0 atom stereocenters. The highest BCUT2D eigenvalue weighted by molar-refractivity contribution is 7.90. The number of nitrogens with zero attached hydrogens (tertiary/aromatic N) is 2. The number of nitrogen functional groups attached to an aromatic ring is 1. The van der Waals surface area contributed by atoms with E-state index in [-0.39, 0.29) is 0 Å². The third-order valence-electron chi connectivity index (χ3n) is 3.63. The molecule has 0 aromatic heterocycles. The van der Waals surface area contributed by atoms with Crippen molar-refractivity contribution in [1.29, 1.82) is 0 Å². The van der Waals surface area contributed by atoms with Crippen LogP contribution >= 0.6 is 0 Å². The Morgan fingerprint density at radius 2 is 1.95 bits per heavy atom. The quantitative estimate of drug-likeness (QED) is 0.852. The Kier molecular flexibility index (Phi) is 3.73. The summed E-state index contributed by atoms with van der Waals surface area (Å²) < 4.78 is 28.1. The first kappa shape index (κ1) is 14.1. The molecule has 5 nitrogen and oxygen atoms in total. The van der Waals surface area contributed by atoms with Crippen LogP contribution in [0.2, 0.25) is 0 Å². The SMILES string of the molecule is CCN(CC)S(=O)(=O)N1CCc2cc(C)c(N)cc21. The van der Waals surface area contributed by atoms with Crippen LogP contribution < -0.4 is 10.0 Å². The topological polar surface area (TPSA) is 66.6 Å². The fraction of sp³-hybridized carbons (Fsp3) is 0.538. The molecule has 0 bridgehead atoms. The number of hydrogen-bond acceptors (Lipinski definition) is 3. The zero-order chi connectivity index (χ0) is 14.2. The normalized spacial score (nSPS) is 15.1. The summed E-state index contributed by atoms with van der Waals surface area (Å²) in [5.41, 5.74) is 9.33. The molecule has 1 aromatic rings. The molecule has 0 amide bonds. The summed E-state index contributed by atoms with van der Waals surface area (Å²) in [6.45, 7) is 7.09. The maximum atomic E-state index is 12.6. The molecule has 2 rings (SSSR count). The van der Waals surface area contributed by atoms with Gasteiger partial charge in [0.2, 0.25) is 0 Å². The minimum atomic E-state index is -3.43. The van der Waals surface area contributed by atoms with E-state index in [9.17, 15) is 8.42 Å². The van der Waals surface area contributed by atoms with E-state index in [1.165, 1.54) is 8.61 Å². The van der Waals surface area contributed by atoms with Crippen molar-refractivity contribution in [3.8, 4) is 0 Å². The molecule has 0 fully saturated rings. The standard InChI is InChI=1S/C13H21N3O2S/c1-4-15(5-2)19(17,18)16-7-6-11-8-10(3)12(14)9-13(11)16/h8-9H,4-7,14H2,1-3H3. The Morgan fingerprint density at radius 1 is 1.32 bits per heavy atom. The van der Waals surface area contributed by atoms with Gasteiger partial charge in [0, 0.05) is 25.3 Å². The average Bonchev–Trinajstić information content (AvgIpc) is 2.74. The molecular weight excluding hydrogens is 262 g/mol. The Balaban J connectivity index is 2.45. The van der Waals surface area contributed by atoms with Crippen molar-refractivity contribution in [3.05, 3.63) is 23.3 Å². The molecule has 19 heavy (non-hydrogen) atoms. The summed E-state index contributed by atoms with van der Waals surface area (Å²) >= 11 is 0. The summed E-state index contributed by atoms with van der Waals surface area (Å²) in [6.07, 6.45) is 0.747. The molecule has 0 radical (unpaired) electrons. The molecular formula is C13H21N3O2S. The first-order chi connectivity index (χ1) is 8.91. The number of aryl methyl sites for hydroxylation is 1. The summed E-state index contributed by atoms with van der Waals surface area (Å²) in [6, 6.07) is 3.77. The van der Waals surface area contributed by atoms with Gasteiger partial charge in [-0.1, -0.05) is 19.9 Å².